The summed E-state index contributed by atoms with van der Waals surface area (Å²) in [6.07, 6.45) is 2.73. The Balaban J connectivity index is 1.78. The highest BCUT2D eigenvalue weighted by molar-refractivity contribution is 5.21. The van der Waals surface area contributed by atoms with Crippen LogP contribution < -0.4 is 5.73 Å². The third kappa shape index (κ3) is 1.96. The molecular weight excluding hydrogens is 252 g/mol. The van der Waals surface area contributed by atoms with E-state index in [-0.39, 0.29) is 16.5 Å². The fourth-order valence-electron chi connectivity index (χ4n) is 4.49. The van der Waals surface area contributed by atoms with Crippen molar-refractivity contribution < 1.29 is 9.47 Å². The topological polar surface area (TPSA) is 47.7 Å². The highest BCUT2D eigenvalue weighted by Crippen LogP contribution is 2.57. The normalized spacial score (nSPS) is 43.6. The molecule has 3 atom stereocenters. The fourth-order valence-corrected chi connectivity index (χ4v) is 4.49. The van der Waals surface area contributed by atoms with Gasteiger partial charge in [-0.05, 0) is 26.7 Å². The molecule has 1 aliphatic carbocycles. The number of nitrogens with zero attached hydrogens (tertiary/aromatic N) is 1. The molecular formula is C16H30N2O2. The maximum atomic E-state index is 6.92. The van der Waals surface area contributed by atoms with Crippen LogP contribution in [-0.2, 0) is 9.47 Å². The third-order valence-electron chi connectivity index (χ3n) is 6.16. The van der Waals surface area contributed by atoms with Gasteiger partial charge in [-0.25, -0.2) is 0 Å². The Bertz CT molecular complexity index is 383. The van der Waals surface area contributed by atoms with Gasteiger partial charge in [0.05, 0.1) is 19.3 Å². The molecule has 20 heavy (non-hydrogen) atoms. The SMILES string of the molecule is CC1(C)COCCN1CC1(N)C2CCCOC2C1(C)C. The minimum atomic E-state index is -0.132. The molecule has 3 rings (SSSR count). The molecule has 2 N–H and O–H groups in total. The summed E-state index contributed by atoms with van der Waals surface area (Å²) in [6.45, 7) is 13.6. The van der Waals surface area contributed by atoms with Crippen LogP contribution in [0.15, 0.2) is 0 Å². The van der Waals surface area contributed by atoms with Gasteiger partial charge >= 0.3 is 0 Å². The first-order valence-electron chi connectivity index (χ1n) is 8.02. The molecule has 116 valence electrons. The maximum absolute atomic E-state index is 6.92. The van der Waals surface area contributed by atoms with Gasteiger partial charge in [-0.2, -0.15) is 0 Å². The lowest BCUT2D eigenvalue weighted by Gasteiger charge is -2.68. The molecule has 0 amide bonds. The predicted octanol–water partition coefficient (Wildman–Crippen LogP) is 1.63. The zero-order chi connectivity index (χ0) is 14.6. The molecule has 1 saturated carbocycles. The van der Waals surface area contributed by atoms with Crippen molar-refractivity contribution in [3.8, 4) is 0 Å². The van der Waals surface area contributed by atoms with Gasteiger partial charge in [0.2, 0.25) is 0 Å². The van der Waals surface area contributed by atoms with E-state index in [2.05, 4.69) is 32.6 Å². The summed E-state index contributed by atoms with van der Waals surface area (Å²) < 4.78 is 11.6. The zero-order valence-corrected chi connectivity index (χ0v) is 13.4. The Hall–Kier alpha value is -0.160. The Kier molecular flexibility index (Phi) is 3.45. The van der Waals surface area contributed by atoms with Crippen molar-refractivity contribution in [3.05, 3.63) is 0 Å². The molecule has 0 aromatic rings. The van der Waals surface area contributed by atoms with Gasteiger partial charge < -0.3 is 15.2 Å². The van der Waals surface area contributed by atoms with Crippen LogP contribution in [0.25, 0.3) is 0 Å². The molecule has 0 bridgehead atoms. The van der Waals surface area contributed by atoms with Crippen molar-refractivity contribution in [1.82, 2.24) is 4.90 Å². The van der Waals surface area contributed by atoms with Gasteiger partial charge in [-0.3, -0.25) is 4.90 Å². The smallest absolute Gasteiger partial charge is 0.0690 e. The van der Waals surface area contributed by atoms with Crippen molar-refractivity contribution in [3.63, 3.8) is 0 Å². The lowest BCUT2D eigenvalue weighted by Crippen LogP contribution is -2.81. The van der Waals surface area contributed by atoms with E-state index < -0.39 is 0 Å². The molecule has 0 radical (unpaired) electrons. The molecule has 2 heterocycles. The predicted molar refractivity (Wildman–Crippen MR) is 79.6 cm³/mol. The van der Waals surface area contributed by atoms with E-state index in [0.29, 0.717) is 12.0 Å². The molecule has 4 heteroatoms. The van der Waals surface area contributed by atoms with Gasteiger partial charge in [0.15, 0.2) is 0 Å². The van der Waals surface area contributed by atoms with E-state index in [0.717, 1.165) is 39.3 Å². The molecule has 3 unspecified atom stereocenters. The van der Waals surface area contributed by atoms with Crippen LogP contribution in [-0.4, -0.2) is 55.0 Å². The quantitative estimate of drug-likeness (QED) is 0.836. The van der Waals surface area contributed by atoms with Crippen molar-refractivity contribution in [2.45, 2.75) is 57.7 Å². The molecule has 2 aliphatic heterocycles. The van der Waals surface area contributed by atoms with E-state index in [1.807, 2.05) is 0 Å². The average molecular weight is 282 g/mol. The van der Waals surface area contributed by atoms with Crippen LogP contribution in [0.3, 0.4) is 0 Å². The standard InChI is InChI=1S/C16H30N2O2/c1-14(2)11-19-9-7-18(14)10-16(17)12-6-5-8-20-13(12)15(16,3)4/h12-13H,5-11,17H2,1-4H3. The summed E-state index contributed by atoms with van der Waals surface area (Å²) in [5.41, 5.74) is 6.94. The van der Waals surface area contributed by atoms with E-state index in [4.69, 9.17) is 15.2 Å². The highest BCUT2D eigenvalue weighted by Gasteiger charge is 2.67. The second kappa shape index (κ2) is 4.67. The Morgan fingerprint density at radius 3 is 2.65 bits per heavy atom. The van der Waals surface area contributed by atoms with Crippen molar-refractivity contribution in [1.29, 1.82) is 0 Å². The maximum Gasteiger partial charge on any atom is 0.0690 e. The summed E-state index contributed by atoms with van der Waals surface area (Å²) >= 11 is 0. The van der Waals surface area contributed by atoms with Crippen LogP contribution in [0.4, 0.5) is 0 Å². The monoisotopic (exact) mass is 282 g/mol. The van der Waals surface area contributed by atoms with E-state index in [9.17, 15) is 0 Å². The minimum Gasteiger partial charge on any atom is -0.378 e. The van der Waals surface area contributed by atoms with Gasteiger partial charge in [0, 0.05) is 42.1 Å². The molecule has 0 spiro atoms. The molecule has 0 aromatic carbocycles. The third-order valence-corrected chi connectivity index (χ3v) is 6.16. The molecule has 2 saturated heterocycles. The van der Waals surface area contributed by atoms with E-state index >= 15 is 0 Å². The number of hydrogen-bond acceptors (Lipinski definition) is 4. The summed E-state index contributed by atoms with van der Waals surface area (Å²) in [7, 11) is 0. The first-order valence-corrected chi connectivity index (χ1v) is 8.02. The number of ether oxygens (including phenoxy) is 2. The first-order chi connectivity index (χ1) is 9.29. The van der Waals surface area contributed by atoms with Gasteiger partial charge in [0.25, 0.3) is 0 Å². The van der Waals surface area contributed by atoms with Gasteiger partial charge in [-0.15, -0.1) is 0 Å². The van der Waals surface area contributed by atoms with Crippen molar-refractivity contribution >= 4 is 0 Å². The second-order valence-corrected chi connectivity index (χ2v) is 8.09. The van der Waals surface area contributed by atoms with E-state index in [1.165, 1.54) is 6.42 Å². The summed E-state index contributed by atoms with van der Waals surface area (Å²) in [5.74, 6) is 0.518. The van der Waals surface area contributed by atoms with Crippen LogP contribution in [0.5, 0.6) is 0 Å². The molecule has 4 nitrogen and oxygen atoms in total. The minimum absolute atomic E-state index is 0.0620. The lowest BCUT2D eigenvalue weighted by atomic mass is 9.46. The van der Waals surface area contributed by atoms with Gasteiger partial charge in [0.1, 0.15) is 0 Å². The van der Waals surface area contributed by atoms with Crippen molar-refractivity contribution in [2.75, 3.05) is 32.9 Å². The van der Waals surface area contributed by atoms with Gasteiger partial charge in [-0.1, -0.05) is 13.8 Å². The number of fused-ring (bicyclic) bond motifs is 1. The highest BCUT2D eigenvalue weighted by atomic mass is 16.5. The second-order valence-electron chi connectivity index (χ2n) is 8.09. The largest absolute Gasteiger partial charge is 0.378 e. The number of morpholine rings is 1. The molecule has 0 aromatic heterocycles. The fraction of sp³-hybridized carbons (Fsp3) is 1.00. The summed E-state index contributed by atoms with van der Waals surface area (Å²) in [6, 6.07) is 0. The van der Waals surface area contributed by atoms with Crippen LogP contribution in [0.2, 0.25) is 0 Å². The summed E-state index contributed by atoms with van der Waals surface area (Å²) in [4.78, 5) is 2.53. The molecule has 3 aliphatic rings. The average Bonchev–Trinajstić information content (AvgIpc) is 2.41. The van der Waals surface area contributed by atoms with Crippen LogP contribution in [0, 0.1) is 11.3 Å². The number of rotatable bonds is 2. The van der Waals surface area contributed by atoms with Crippen molar-refractivity contribution in [2.24, 2.45) is 17.1 Å². The van der Waals surface area contributed by atoms with E-state index in [1.54, 1.807) is 0 Å². The van der Waals surface area contributed by atoms with Crippen LogP contribution in [0.1, 0.15) is 40.5 Å². The Morgan fingerprint density at radius 2 is 1.95 bits per heavy atom. The molecule has 3 fully saturated rings. The lowest BCUT2D eigenvalue weighted by molar-refractivity contribution is -0.238. The Morgan fingerprint density at radius 1 is 1.20 bits per heavy atom. The number of hydrogen-bond donors (Lipinski definition) is 1. The Labute approximate surface area is 123 Å². The summed E-state index contributed by atoms with van der Waals surface area (Å²) in [5, 5.41) is 0. The zero-order valence-electron chi connectivity index (χ0n) is 13.4. The first kappa shape index (κ1) is 14.8. The number of nitrogens with two attached hydrogens (primary N) is 1. The van der Waals surface area contributed by atoms with Crippen LogP contribution >= 0.6 is 0 Å².